The van der Waals surface area contributed by atoms with Crippen molar-refractivity contribution < 1.29 is 13.2 Å². The van der Waals surface area contributed by atoms with E-state index in [0.29, 0.717) is 43.3 Å². The molecule has 1 amide bonds. The van der Waals surface area contributed by atoms with Gasteiger partial charge in [-0.25, -0.2) is 8.42 Å². The highest BCUT2D eigenvalue weighted by atomic mass is 32.2. The van der Waals surface area contributed by atoms with E-state index in [1.54, 1.807) is 15.3 Å². The average molecular weight is 455 g/mol. The molecule has 4 rings (SSSR count). The Morgan fingerprint density at radius 1 is 1.03 bits per heavy atom. The lowest BCUT2D eigenvalue weighted by atomic mass is 9.96. The quantitative estimate of drug-likeness (QED) is 0.652. The number of hydrogen-bond acceptors (Lipinski definition) is 3. The van der Waals surface area contributed by atoms with Crippen LogP contribution in [0.15, 0.2) is 47.4 Å². The van der Waals surface area contributed by atoms with Gasteiger partial charge in [0.2, 0.25) is 15.9 Å². The predicted molar refractivity (Wildman–Crippen MR) is 127 cm³/mol. The van der Waals surface area contributed by atoms with Gasteiger partial charge in [0.25, 0.3) is 0 Å². The topological polar surface area (TPSA) is 57.7 Å². The maximum atomic E-state index is 13.1. The van der Waals surface area contributed by atoms with Gasteiger partial charge in [-0.15, -0.1) is 0 Å². The first kappa shape index (κ1) is 23.0. The van der Waals surface area contributed by atoms with Gasteiger partial charge in [-0.2, -0.15) is 4.31 Å². The second kappa shape index (κ2) is 9.36. The Bertz CT molecular complexity index is 1070. The third kappa shape index (κ3) is 4.76. The molecule has 0 spiro atoms. The summed E-state index contributed by atoms with van der Waals surface area (Å²) in [5.41, 5.74) is 4.84. The number of nitrogens with zero attached hydrogens (tertiary/aromatic N) is 2. The molecule has 1 saturated heterocycles. The van der Waals surface area contributed by atoms with Gasteiger partial charge >= 0.3 is 0 Å². The van der Waals surface area contributed by atoms with Crippen molar-refractivity contribution in [1.29, 1.82) is 0 Å². The first-order chi connectivity index (χ1) is 15.3. The zero-order valence-electron chi connectivity index (χ0n) is 19.4. The van der Waals surface area contributed by atoms with Crippen LogP contribution in [0.1, 0.15) is 61.3 Å². The average Bonchev–Trinajstić information content (AvgIpc) is 3.27. The molecule has 2 aliphatic rings. The van der Waals surface area contributed by atoms with Gasteiger partial charge < -0.3 is 4.90 Å². The van der Waals surface area contributed by atoms with E-state index in [1.165, 1.54) is 16.7 Å². The first-order valence-electron chi connectivity index (χ1n) is 11.7. The van der Waals surface area contributed by atoms with Crippen molar-refractivity contribution >= 4 is 15.9 Å². The van der Waals surface area contributed by atoms with Crippen LogP contribution < -0.4 is 0 Å². The first-order valence-corrected chi connectivity index (χ1v) is 13.2. The molecule has 0 radical (unpaired) electrons. The number of rotatable bonds is 6. The number of carbonyl (C=O) groups is 1. The maximum absolute atomic E-state index is 13.1. The van der Waals surface area contributed by atoms with Crippen LogP contribution >= 0.6 is 0 Å². The smallest absolute Gasteiger partial charge is 0.243 e. The number of carbonyl (C=O) groups excluding carboxylic acids is 1. The normalized spacial score (nSPS) is 17.5. The lowest BCUT2D eigenvalue weighted by Crippen LogP contribution is -2.43. The summed E-state index contributed by atoms with van der Waals surface area (Å²) >= 11 is 0. The summed E-state index contributed by atoms with van der Waals surface area (Å²) in [6.45, 7) is 5.70. The Kier molecular flexibility index (Phi) is 6.72. The molecule has 1 heterocycles. The van der Waals surface area contributed by atoms with Crippen LogP contribution in [0.3, 0.4) is 0 Å². The summed E-state index contributed by atoms with van der Waals surface area (Å²) in [5.74, 6) is 0.468. The molecular formula is C26H34N2O3S. The fourth-order valence-corrected chi connectivity index (χ4v) is 6.39. The summed E-state index contributed by atoms with van der Waals surface area (Å²) in [4.78, 5) is 15.2. The highest BCUT2D eigenvalue weighted by molar-refractivity contribution is 7.89. The molecule has 0 saturated carbocycles. The zero-order valence-corrected chi connectivity index (χ0v) is 20.2. The van der Waals surface area contributed by atoms with Crippen molar-refractivity contribution in [3.8, 4) is 0 Å². The minimum absolute atomic E-state index is 0.104. The second-order valence-electron chi connectivity index (χ2n) is 9.55. The molecule has 5 nitrogen and oxygen atoms in total. The molecule has 172 valence electrons. The number of fused-ring (bicyclic) bond motifs is 1. The van der Waals surface area contributed by atoms with E-state index in [0.717, 1.165) is 24.8 Å². The van der Waals surface area contributed by atoms with Crippen molar-refractivity contribution in [3.63, 3.8) is 0 Å². The molecule has 2 aromatic carbocycles. The van der Waals surface area contributed by atoms with Gasteiger partial charge in [0.1, 0.15) is 0 Å². The highest BCUT2D eigenvalue weighted by Gasteiger charge is 2.33. The van der Waals surface area contributed by atoms with Crippen LogP contribution in [0, 0.1) is 5.92 Å². The number of piperidine rings is 1. The fraction of sp³-hybridized carbons (Fsp3) is 0.500. The SMILES string of the molecule is CC(C)c1ccc(CN(C)C(=O)C2CCN(S(=O)(=O)c3ccc4c(c3)CCC4)CC2)cc1. The number of sulfonamides is 1. The van der Waals surface area contributed by atoms with Crippen LogP contribution in [0.5, 0.6) is 0 Å². The molecule has 0 bridgehead atoms. The molecule has 32 heavy (non-hydrogen) atoms. The number of hydrogen-bond donors (Lipinski definition) is 0. The van der Waals surface area contributed by atoms with E-state index in [1.807, 2.05) is 19.2 Å². The molecular weight excluding hydrogens is 420 g/mol. The Labute approximate surface area is 192 Å². The molecule has 2 aromatic rings. The van der Waals surface area contributed by atoms with Gasteiger partial charge in [-0.05, 0) is 72.4 Å². The summed E-state index contributed by atoms with van der Waals surface area (Å²) in [5, 5.41) is 0. The summed E-state index contributed by atoms with van der Waals surface area (Å²) in [7, 11) is -1.66. The molecule has 0 unspecified atom stereocenters. The van der Waals surface area contributed by atoms with Crippen LogP contribution in [0.25, 0.3) is 0 Å². The minimum Gasteiger partial charge on any atom is -0.341 e. The molecule has 0 aromatic heterocycles. The van der Waals surface area contributed by atoms with Gasteiger partial charge in [0.15, 0.2) is 0 Å². The second-order valence-corrected chi connectivity index (χ2v) is 11.5. The van der Waals surface area contributed by atoms with Crippen molar-refractivity contribution in [3.05, 3.63) is 64.7 Å². The number of amides is 1. The Morgan fingerprint density at radius 2 is 1.69 bits per heavy atom. The molecule has 1 aliphatic carbocycles. The van der Waals surface area contributed by atoms with Gasteiger partial charge in [0.05, 0.1) is 4.90 Å². The number of aryl methyl sites for hydroxylation is 2. The minimum atomic E-state index is -3.50. The van der Waals surface area contributed by atoms with E-state index < -0.39 is 10.0 Å². The predicted octanol–water partition coefficient (Wildman–Crippen LogP) is 4.36. The van der Waals surface area contributed by atoms with Crippen molar-refractivity contribution in [2.75, 3.05) is 20.1 Å². The van der Waals surface area contributed by atoms with Crippen LogP contribution in [-0.4, -0.2) is 43.7 Å². The standard InChI is InChI=1S/C26H34N2O3S/c1-19(2)21-9-7-20(8-10-21)18-27(3)26(29)23-13-15-28(16-14-23)32(30,31)25-12-11-22-5-4-6-24(22)17-25/h7-12,17,19,23H,4-6,13-16,18H2,1-3H3. The monoisotopic (exact) mass is 454 g/mol. The number of benzene rings is 2. The van der Waals surface area contributed by atoms with E-state index in [4.69, 9.17) is 0 Å². The van der Waals surface area contributed by atoms with E-state index >= 15 is 0 Å². The lowest BCUT2D eigenvalue weighted by molar-refractivity contribution is -0.135. The van der Waals surface area contributed by atoms with Crippen molar-refractivity contribution in [2.45, 2.75) is 63.3 Å². The molecule has 1 fully saturated rings. The van der Waals surface area contributed by atoms with Crippen molar-refractivity contribution in [2.24, 2.45) is 5.92 Å². The van der Waals surface area contributed by atoms with Gasteiger partial charge in [-0.1, -0.05) is 44.2 Å². The largest absolute Gasteiger partial charge is 0.341 e. The van der Waals surface area contributed by atoms with Crippen molar-refractivity contribution in [1.82, 2.24) is 9.21 Å². The van der Waals surface area contributed by atoms with Crippen LogP contribution in [0.4, 0.5) is 0 Å². The molecule has 6 heteroatoms. The Morgan fingerprint density at radius 3 is 2.34 bits per heavy atom. The van der Waals surface area contributed by atoms with Gasteiger partial charge in [0, 0.05) is 32.6 Å². The summed E-state index contributed by atoms with van der Waals surface area (Å²) < 4.78 is 27.8. The fourth-order valence-electron chi connectivity index (χ4n) is 4.87. The van der Waals surface area contributed by atoms with Gasteiger partial charge in [-0.3, -0.25) is 4.79 Å². The molecule has 1 aliphatic heterocycles. The molecule has 0 N–H and O–H groups in total. The third-order valence-corrected chi connectivity index (χ3v) is 8.85. The van der Waals surface area contributed by atoms with Crippen LogP contribution in [-0.2, 0) is 34.2 Å². The lowest BCUT2D eigenvalue weighted by Gasteiger charge is -2.32. The Balaban J connectivity index is 1.34. The summed E-state index contributed by atoms with van der Waals surface area (Å²) in [6.07, 6.45) is 4.24. The molecule has 0 atom stereocenters. The third-order valence-electron chi connectivity index (χ3n) is 6.95. The van der Waals surface area contributed by atoms with E-state index in [9.17, 15) is 13.2 Å². The summed E-state index contributed by atoms with van der Waals surface area (Å²) in [6, 6.07) is 14.0. The Hall–Kier alpha value is -2.18. The maximum Gasteiger partial charge on any atom is 0.243 e. The van der Waals surface area contributed by atoms with E-state index in [2.05, 4.69) is 38.1 Å². The van der Waals surface area contributed by atoms with E-state index in [-0.39, 0.29) is 11.8 Å². The van der Waals surface area contributed by atoms with Crippen LogP contribution in [0.2, 0.25) is 0 Å². The highest BCUT2D eigenvalue weighted by Crippen LogP contribution is 2.29. The zero-order chi connectivity index (χ0) is 22.9.